The number of carbonyl (C=O) groups excluding carboxylic acids is 1. The van der Waals surface area contributed by atoms with E-state index in [9.17, 15) is 4.79 Å². The van der Waals surface area contributed by atoms with E-state index in [1.165, 1.54) is 11.3 Å². The fourth-order valence-electron chi connectivity index (χ4n) is 5.68. The van der Waals surface area contributed by atoms with Gasteiger partial charge < -0.3 is 15.1 Å². The van der Waals surface area contributed by atoms with Crippen LogP contribution < -0.4 is 15.1 Å². The summed E-state index contributed by atoms with van der Waals surface area (Å²) in [5, 5.41) is 8.70. The van der Waals surface area contributed by atoms with Gasteiger partial charge in [0, 0.05) is 36.7 Å². The molecule has 1 aliphatic rings. The number of carbonyl (C=O) groups is 1. The quantitative estimate of drug-likeness (QED) is 0.172. The van der Waals surface area contributed by atoms with Crippen LogP contribution in [0.25, 0.3) is 5.69 Å². The highest BCUT2D eigenvalue weighted by Crippen LogP contribution is 2.55. The zero-order chi connectivity index (χ0) is 28.6. The largest absolute Gasteiger partial charge is 0.369 e. The Hall–Kier alpha value is -4.47. The molecule has 4 aromatic carbocycles. The lowest BCUT2D eigenvalue weighted by molar-refractivity contribution is 0.102. The summed E-state index contributed by atoms with van der Waals surface area (Å²) in [7, 11) is 4.28. The fourth-order valence-corrected chi connectivity index (χ4v) is 6.24. The molecule has 9 heteroatoms. The molecule has 6 rings (SSSR count). The van der Waals surface area contributed by atoms with Gasteiger partial charge in [-0.25, -0.2) is 0 Å². The van der Waals surface area contributed by atoms with Crippen LogP contribution in [0, 0.1) is 9.54 Å². The van der Waals surface area contributed by atoms with Crippen LogP contribution in [0.2, 0.25) is 0 Å². The van der Waals surface area contributed by atoms with E-state index in [4.69, 9.17) is 24.4 Å². The Morgan fingerprint density at radius 3 is 2.17 bits per heavy atom. The summed E-state index contributed by atoms with van der Waals surface area (Å²) >= 11 is 10.7. The Kier molecular flexibility index (Phi) is 7.07. The number of hydrogen-bond donors (Lipinski definition) is 3. The molecule has 206 valence electrons. The summed E-state index contributed by atoms with van der Waals surface area (Å²) in [4.78, 5) is 18.0. The van der Waals surface area contributed by atoms with Crippen LogP contribution in [0.1, 0.15) is 22.3 Å². The number of aromatic amines is 2. The van der Waals surface area contributed by atoms with E-state index >= 15 is 0 Å². The molecule has 3 N–H and O–H groups in total. The molecule has 41 heavy (non-hydrogen) atoms. The first-order valence-corrected chi connectivity index (χ1v) is 14.2. The SMILES string of the molecule is CN(c1cccc(C(=O)Nc2cccc(-n3c(=S)[nH][nH]c3=S)c2)c1)C1CC1(c1ccccc1)N(C)c1ccccc1. The third-order valence-corrected chi connectivity index (χ3v) is 8.51. The van der Waals surface area contributed by atoms with E-state index in [1.807, 2.05) is 48.5 Å². The van der Waals surface area contributed by atoms with Gasteiger partial charge in [0.15, 0.2) is 9.54 Å². The molecular formula is C32H30N6OS2. The summed E-state index contributed by atoms with van der Waals surface area (Å²) in [5.41, 5.74) is 5.24. The molecule has 7 nitrogen and oxygen atoms in total. The summed E-state index contributed by atoms with van der Waals surface area (Å²) in [6.45, 7) is 0. The van der Waals surface area contributed by atoms with E-state index in [2.05, 4.69) is 100 Å². The van der Waals surface area contributed by atoms with Gasteiger partial charge in [-0.05, 0) is 85.0 Å². The monoisotopic (exact) mass is 578 g/mol. The minimum absolute atomic E-state index is 0.184. The molecule has 1 aliphatic carbocycles. The van der Waals surface area contributed by atoms with Crippen molar-refractivity contribution in [3.8, 4) is 5.69 Å². The van der Waals surface area contributed by atoms with Gasteiger partial charge in [-0.15, -0.1) is 0 Å². The Balaban J connectivity index is 1.25. The second kappa shape index (κ2) is 10.8. The van der Waals surface area contributed by atoms with Crippen LogP contribution in [0.4, 0.5) is 17.1 Å². The number of likely N-dealkylation sites (N-methyl/N-ethyl adjacent to an activating group) is 2. The van der Waals surface area contributed by atoms with E-state index in [-0.39, 0.29) is 17.5 Å². The summed E-state index contributed by atoms with van der Waals surface area (Å²) < 4.78 is 2.62. The average Bonchev–Trinajstić information content (AvgIpc) is 3.68. The third-order valence-electron chi connectivity index (χ3n) is 7.94. The molecule has 2 atom stereocenters. The van der Waals surface area contributed by atoms with Crippen LogP contribution in [0.3, 0.4) is 0 Å². The number of nitrogens with zero attached hydrogens (tertiary/aromatic N) is 3. The third kappa shape index (κ3) is 4.98. The highest BCUT2D eigenvalue weighted by molar-refractivity contribution is 7.72. The van der Waals surface area contributed by atoms with Gasteiger partial charge in [-0.3, -0.25) is 19.6 Å². The maximum Gasteiger partial charge on any atom is 0.255 e. The molecule has 0 bridgehead atoms. The topological polar surface area (TPSA) is 72.1 Å². The van der Waals surface area contributed by atoms with Crippen molar-refractivity contribution in [1.82, 2.24) is 14.8 Å². The van der Waals surface area contributed by atoms with Gasteiger partial charge in [-0.2, -0.15) is 0 Å². The zero-order valence-electron chi connectivity index (χ0n) is 22.7. The summed E-state index contributed by atoms with van der Waals surface area (Å²) in [5.74, 6) is -0.188. The van der Waals surface area contributed by atoms with Crippen molar-refractivity contribution in [3.63, 3.8) is 0 Å². The summed E-state index contributed by atoms with van der Waals surface area (Å²) in [6.07, 6.45) is 0.964. The lowest BCUT2D eigenvalue weighted by Crippen LogP contribution is -2.39. The lowest BCUT2D eigenvalue weighted by atomic mass is 10.0. The van der Waals surface area contributed by atoms with Gasteiger partial charge in [0.2, 0.25) is 0 Å². The molecular weight excluding hydrogens is 549 g/mol. The molecule has 2 unspecified atom stereocenters. The number of anilines is 3. The van der Waals surface area contributed by atoms with Crippen molar-refractivity contribution >= 4 is 47.4 Å². The molecule has 1 saturated carbocycles. The number of amides is 1. The normalized spacial score (nSPS) is 17.6. The minimum Gasteiger partial charge on any atom is -0.369 e. The van der Waals surface area contributed by atoms with Gasteiger partial charge in [0.05, 0.1) is 17.3 Å². The van der Waals surface area contributed by atoms with Gasteiger partial charge in [0.1, 0.15) is 0 Å². The van der Waals surface area contributed by atoms with Crippen molar-refractivity contribution in [2.45, 2.75) is 18.0 Å². The predicted octanol–water partition coefficient (Wildman–Crippen LogP) is 7.09. The first-order chi connectivity index (χ1) is 19.9. The van der Waals surface area contributed by atoms with Gasteiger partial charge >= 0.3 is 0 Å². The van der Waals surface area contributed by atoms with Crippen molar-refractivity contribution in [1.29, 1.82) is 0 Å². The van der Waals surface area contributed by atoms with Crippen molar-refractivity contribution in [2.75, 3.05) is 29.2 Å². The Morgan fingerprint density at radius 2 is 1.46 bits per heavy atom. The zero-order valence-corrected chi connectivity index (χ0v) is 24.4. The van der Waals surface area contributed by atoms with Crippen LogP contribution in [-0.4, -0.2) is 40.8 Å². The summed E-state index contributed by atoms with van der Waals surface area (Å²) in [6, 6.07) is 36.6. The first-order valence-electron chi connectivity index (χ1n) is 13.4. The number of para-hydroxylation sites is 1. The van der Waals surface area contributed by atoms with E-state index in [1.54, 1.807) is 4.57 Å². The number of aromatic nitrogens is 3. The predicted molar refractivity (Wildman–Crippen MR) is 170 cm³/mol. The van der Waals surface area contributed by atoms with Gasteiger partial charge in [0.25, 0.3) is 5.91 Å². The van der Waals surface area contributed by atoms with Crippen LogP contribution in [-0.2, 0) is 5.54 Å². The first kappa shape index (κ1) is 26.7. The number of H-pyrrole nitrogens is 2. The molecule has 1 heterocycles. The number of nitrogens with one attached hydrogen (secondary N) is 3. The number of rotatable bonds is 8. The van der Waals surface area contributed by atoms with E-state index < -0.39 is 0 Å². The molecule has 1 fully saturated rings. The van der Waals surface area contributed by atoms with E-state index in [0.717, 1.165) is 17.8 Å². The maximum atomic E-state index is 13.3. The molecule has 1 amide bonds. The van der Waals surface area contributed by atoms with Gasteiger partial charge in [-0.1, -0.05) is 60.7 Å². The fraction of sp³-hybridized carbons (Fsp3) is 0.156. The second-order valence-corrected chi connectivity index (χ2v) is 11.0. The number of benzene rings is 4. The molecule has 0 aliphatic heterocycles. The average molecular weight is 579 g/mol. The lowest BCUT2D eigenvalue weighted by Gasteiger charge is -2.34. The van der Waals surface area contributed by atoms with Crippen molar-refractivity contribution < 1.29 is 4.79 Å². The molecule has 1 aromatic heterocycles. The molecule has 0 saturated heterocycles. The smallest absolute Gasteiger partial charge is 0.255 e. The Labute approximate surface area is 249 Å². The van der Waals surface area contributed by atoms with Crippen molar-refractivity contribution in [3.05, 3.63) is 130 Å². The Bertz CT molecular complexity index is 1790. The second-order valence-electron chi connectivity index (χ2n) is 10.3. The van der Waals surface area contributed by atoms with Crippen LogP contribution in [0.5, 0.6) is 0 Å². The molecule has 0 spiro atoms. The van der Waals surface area contributed by atoms with E-state index in [0.29, 0.717) is 20.8 Å². The highest BCUT2D eigenvalue weighted by Gasteiger charge is 2.60. The van der Waals surface area contributed by atoms with Crippen LogP contribution in [0.15, 0.2) is 109 Å². The molecule has 5 aromatic rings. The standard InChI is InChI=1S/C32H30N6OS2/c1-36(28-21-32(28,23-12-5-3-6-13-23)37(2)25-15-7-4-8-16-25)26-17-9-11-22(19-26)29(39)33-24-14-10-18-27(20-24)38-30(40)34-35-31(38)41/h3-20,28H,21H2,1-2H3,(H,33,39)(H,34,40)(H,35,41). The highest BCUT2D eigenvalue weighted by atomic mass is 32.1. The molecule has 0 radical (unpaired) electrons. The minimum atomic E-state index is -0.188. The Morgan fingerprint density at radius 1 is 0.829 bits per heavy atom. The van der Waals surface area contributed by atoms with Crippen molar-refractivity contribution in [2.24, 2.45) is 0 Å². The number of hydrogen-bond acceptors (Lipinski definition) is 5. The maximum absolute atomic E-state index is 13.3. The van der Waals surface area contributed by atoms with Crippen LogP contribution >= 0.6 is 24.4 Å².